The Labute approximate surface area is 147 Å². The number of ether oxygens (including phenoxy) is 1. The maximum absolute atomic E-state index is 12.2. The highest BCUT2D eigenvalue weighted by Crippen LogP contribution is 2.35. The van der Waals surface area contributed by atoms with E-state index in [1.807, 2.05) is 6.07 Å². The molecule has 1 aromatic heterocycles. The summed E-state index contributed by atoms with van der Waals surface area (Å²) in [4.78, 5) is 29.1. The zero-order valence-electron chi connectivity index (χ0n) is 14.5. The van der Waals surface area contributed by atoms with Gasteiger partial charge in [0.15, 0.2) is 0 Å². The van der Waals surface area contributed by atoms with Gasteiger partial charge >= 0.3 is 5.97 Å². The molecule has 1 saturated carbocycles. The van der Waals surface area contributed by atoms with Crippen LogP contribution < -0.4 is 5.32 Å². The van der Waals surface area contributed by atoms with Crippen molar-refractivity contribution in [3.8, 4) is 6.07 Å². The molecule has 134 valence electrons. The van der Waals surface area contributed by atoms with Gasteiger partial charge in [-0.2, -0.15) is 5.26 Å². The summed E-state index contributed by atoms with van der Waals surface area (Å²) in [7, 11) is 1.42. The molecular weight excluding hydrogens is 320 g/mol. The number of nitriles is 1. The second-order valence-electron chi connectivity index (χ2n) is 6.93. The highest BCUT2D eigenvalue weighted by molar-refractivity contribution is 5.92. The van der Waals surface area contributed by atoms with E-state index >= 15 is 0 Å². The second-order valence-corrected chi connectivity index (χ2v) is 6.93. The van der Waals surface area contributed by atoms with Gasteiger partial charge in [-0.3, -0.25) is 14.5 Å². The van der Waals surface area contributed by atoms with Crippen molar-refractivity contribution >= 4 is 11.9 Å². The highest BCUT2D eigenvalue weighted by Gasteiger charge is 2.38. The minimum atomic E-state index is -0.204. The number of aromatic nitrogens is 1. The van der Waals surface area contributed by atoms with E-state index in [0.29, 0.717) is 24.2 Å². The summed E-state index contributed by atoms with van der Waals surface area (Å²) in [5.41, 5.74) is 0.842. The van der Waals surface area contributed by atoms with Crippen LogP contribution in [0, 0.1) is 17.2 Å². The Bertz CT molecular complexity index is 674. The molecule has 1 aliphatic carbocycles. The number of methoxy groups -OCH3 is 1. The van der Waals surface area contributed by atoms with Crippen LogP contribution in [0.2, 0.25) is 0 Å². The van der Waals surface area contributed by atoms with Gasteiger partial charge in [-0.15, -0.1) is 0 Å². The summed E-state index contributed by atoms with van der Waals surface area (Å²) in [5, 5.41) is 11.8. The number of H-pyrrole nitrogens is 1. The summed E-state index contributed by atoms with van der Waals surface area (Å²) in [5.74, 6) is 0.341. The molecule has 0 bridgehead atoms. The van der Waals surface area contributed by atoms with Gasteiger partial charge in [-0.1, -0.05) is 0 Å². The van der Waals surface area contributed by atoms with Crippen molar-refractivity contribution in [3.05, 3.63) is 23.5 Å². The molecule has 2 aliphatic rings. The quantitative estimate of drug-likeness (QED) is 0.729. The third-order valence-electron chi connectivity index (χ3n) is 5.12. The maximum Gasteiger partial charge on any atom is 0.307 e. The number of nitrogens with one attached hydrogen (secondary N) is 2. The van der Waals surface area contributed by atoms with E-state index in [9.17, 15) is 9.59 Å². The molecule has 1 aromatic rings. The molecule has 0 spiro atoms. The standard InChI is InChI=1S/C18H24N4O3/c1-25-17(23)7-14-4-5-15(22(14)11-12-2-3-12)10-21-18(24)16-6-13(8-19)9-20-16/h6,9,12,14-15,20H,2-5,7,10-11H2,1H3,(H,21,24)/t14-,15+/m1/s1. The summed E-state index contributed by atoms with van der Waals surface area (Å²) >= 11 is 0. The number of hydrogen-bond donors (Lipinski definition) is 2. The number of nitrogens with zero attached hydrogens (tertiary/aromatic N) is 2. The Morgan fingerprint density at radius 1 is 1.36 bits per heavy atom. The summed E-state index contributed by atoms with van der Waals surface area (Å²) in [6, 6.07) is 3.99. The monoisotopic (exact) mass is 344 g/mol. The molecule has 1 aliphatic heterocycles. The Kier molecular flexibility index (Phi) is 5.39. The number of amides is 1. The van der Waals surface area contributed by atoms with Crippen LogP contribution in [0.4, 0.5) is 0 Å². The molecule has 0 aromatic carbocycles. The van der Waals surface area contributed by atoms with Gasteiger partial charge in [0, 0.05) is 31.4 Å². The van der Waals surface area contributed by atoms with Crippen LogP contribution in [-0.4, -0.2) is 54.0 Å². The predicted molar refractivity (Wildman–Crippen MR) is 90.7 cm³/mol. The van der Waals surface area contributed by atoms with E-state index in [1.54, 1.807) is 6.07 Å². The topological polar surface area (TPSA) is 98.2 Å². The molecule has 2 atom stereocenters. The second kappa shape index (κ2) is 7.70. The van der Waals surface area contributed by atoms with Crippen molar-refractivity contribution in [2.45, 2.75) is 44.2 Å². The Morgan fingerprint density at radius 3 is 2.76 bits per heavy atom. The first-order chi connectivity index (χ1) is 12.1. The van der Waals surface area contributed by atoms with Crippen LogP contribution >= 0.6 is 0 Å². The molecule has 1 saturated heterocycles. The normalized spacial score (nSPS) is 23.2. The van der Waals surface area contributed by atoms with E-state index in [0.717, 1.165) is 25.3 Å². The van der Waals surface area contributed by atoms with Gasteiger partial charge in [0.25, 0.3) is 5.91 Å². The summed E-state index contributed by atoms with van der Waals surface area (Å²) in [6.45, 7) is 1.54. The van der Waals surface area contributed by atoms with Crippen molar-refractivity contribution in [3.63, 3.8) is 0 Å². The first kappa shape index (κ1) is 17.5. The fourth-order valence-corrected chi connectivity index (χ4v) is 3.52. The zero-order valence-corrected chi connectivity index (χ0v) is 14.5. The van der Waals surface area contributed by atoms with Crippen molar-refractivity contribution in [2.24, 2.45) is 5.92 Å². The van der Waals surface area contributed by atoms with Crippen LogP contribution in [0.1, 0.15) is 48.2 Å². The fourth-order valence-electron chi connectivity index (χ4n) is 3.52. The minimum Gasteiger partial charge on any atom is -0.469 e. The molecule has 7 heteroatoms. The number of carbonyl (C=O) groups excluding carboxylic acids is 2. The molecule has 3 rings (SSSR count). The first-order valence-corrected chi connectivity index (χ1v) is 8.80. The molecule has 2 fully saturated rings. The van der Waals surface area contributed by atoms with E-state index in [2.05, 4.69) is 15.2 Å². The van der Waals surface area contributed by atoms with Crippen molar-refractivity contribution in [1.29, 1.82) is 5.26 Å². The molecule has 7 nitrogen and oxygen atoms in total. The number of esters is 1. The maximum atomic E-state index is 12.2. The third-order valence-corrected chi connectivity index (χ3v) is 5.12. The number of hydrogen-bond acceptors (Lipinski definition) is 5. The Balaban J connectivity index is 1.57. The zero-order chi connectivity index (χ0) is 17.8. The molecule has 2 N–H and O–H groups in total. The van der Waals surface area contributed by atoms with Gasteiger partial charge in [-0.05, 0) is 37.7 Å². The SMILES string of the molecule is COC(=O)C[C@H]1CC[C@@H](CNC(=O)c2cc(C#N)c[nH]2)N1CC1CC1. The van der Waals surface area contributed by atoms with Crippen LogP contribution in [0.3, 0.4) is 0 Å². The van der Waals surface area contributed by atoms with E-state index in [4.69, 9.17) is 10.00 Å². The third kappa shape index (κ3) is 4.40. The molecule has 0 radical (unpaired) electrons. The molecule has 1 amide bonds. The molecular formula is C18H24N4O3. The number of aromatic amines is 1. The van der Waals surface area contributed by atoms with Gasteiger partial charge in [0.1, 0.15) is 11.8 Å². The van der Waals surface area contributed by atoms with Crippen molar-refractivity contribution in [2.75, 3.05) is 20.2 Å². The average molecular weight is 344 g/mol. The number of carbonyl (C=O) groups is 2. The van der Waals surface area contributed by atoms with Crippen LogP contribution in [0.5, 0.6) is 0 Å². The molecule has 2 heterocycles. The lowest BCUT2D eigenvalue weighted by atomic mass is 10.1. The van der Waals surface area contributed by atoms with Gasteiger partial charge < -0.3 is 15.0 Å². The smallest absolute Gasteiger partial charge is 0.307 e. The summed E-state index contributed by atoms with van der Waals surface area (Å²) < 4.78 is 4.82. The van der Waals surface area contributed by atoms with Crippen LogP contribution in [0.25, 0.3) is 0 Å². The lowest BCUT2D eigenvalue weighted by Crippen LogP contribution is -2.44. The Morgan fingerprint density at radius 2 is 2.12 bits per heavy atom. The summed E-state index contributed by atoms with van der Waals surface area (Å²) in [6.07, 6.45) is 6.35. The van der Waals surface area contributed by atoms with Gasteiger partial charge in [0.05, 0.1) is 19.1 Å². The average Bonchev–Trinajstić information content (AvgIpc) is 3.17. The highest BCUT2D eigenvalue weighted by atomic mass is 16.5. The van der Waals surface area contributed by atoms with Crippen molar-refractivity contribution in [1.82, 2.24) is 15.2 Å². The van der Waals surface area contributed by atoms with Gasteiger partial charge in [-0.25, -0.2) is 0 Å². The lowest BCUT2D eigenvalue weighted by molar-refractivity contribution is -0.141. The molecule has 0 unspecified atom stereocenters. The predicted octanol–water partition coefficient (Wildman–Crippen LogP) is 1.42. The van der Waals surface area contributed by atoms with E-state index in [-0.39, 0.29) is 24.0 Å². The largest absolute Gasteiger partial charge is 0.469 e. The van der Waals surface area contributed by atoms with Crippen LogP contribution in [-0.2, 0) is 9.53 Å². The van der Waals surface area contributed by atoms with Crippen molar-refractivity contribution < 1.29 is 14.3 Å². The van der Waals surface area contributed by atoms with E-state index in [1.165, 1.54) is 26.1 Å². The number of likely N-dealkylation sites (tertiary alicyclic amines) is 1. The molecule has 25 heavy (non-hydrogen) atoms. The minimum absolute atomic E-state index is 0.175. The van der Waals surface area contributed by atoms with Gasteiger partial charge in [0.2, 0.25) is 0 Å². The first-order valence-electron chi connectivity index (χ1n) is 8.80. The lowest BCUT2D eigenvalue weighted by Gasteiger charge is -2.30. The fraction of sp³-hybridized carbons (Fsp3) is 0.611. The number of rotatable bonds is 7. The Hall–Kier alpha value is -2.33. The van der Waals surface area contributed by atoms with Crippen LogP contribution in [0.15, 0.2) is 12.3 Å². The van der Waals surface area contributed by atoms with E-state index < -0.39 is 0 Å².